The Hall–Kier alpha value is -6.89. The molecule has 0 aliphatic heterocycles. The molecule has 3 amide bonds. The number of carbonyl (C=O) groups is 5. The van der Waals surface area contributed by atoms with E-state index in [-0.39, 0.29) is 62.9 Å². The summed E-state index contributed by atoms with van der Waals surface area (Å²) in [5.41, 5.74) is -0.167. The van der Waals surface area contributed by atoms with Gasteiger partial charge >= 0.3 is 29.6 Å². The van der Waals surface area contributed by atoms with E-state index in [1.54, 1.807) is 30.3 Å². The Kier molecular flexibility index (Phi) is 17.1. The molecule has 2 atom stereocenters. The van der Waals surface area contributed by atoms with Crippen LogP contribution < -0.4 is 60.1 Å². The first-order valence-electron chi connectivity index (χ1n) is 18.6. The minimum atomic E-state index is -4.93. The fourth-order valence-electron chi connectivity index (χ4n) is 5.73. The van der Waals surface area contributed by atoms with Gasteiger partial charge in [-0.1, -0.05) is 42.1 Å². The number of methoxy groups -OCH3 is 2. The van der Waals surface area contributed by atoms with E-state index in [1.165, 1.54) is 50.6 Å². The maximum Gasteiger partial charge on any atom is 1.00 e. The number of phenols is 1. The number of hydrogen-bond acceptors (Lipinski definition) is 17. The number of azo groups is 2. The molecule has 5 N–H and O–H groups in total. The second-order valence-electron chi connectivity index (χ2n) is 13.8. The van der Waals surface area contributed by atoms with Crippen LogP contribution in [0.2, 0.25) is 0 Å². The topological polar surface area (TPSA) is 321 Å². The van der Waals surface area contributed by atoms with Crippen molar-refractivity contribution in [3.8, 4) is 34.1 Å². The number of benzene rings is 5. The van der Waals surface area contributed by atoms with E-state index in [1.807, 2.05) is 0 Å². The van der Waals surface area contributed by atoms with Crippen molar-refractivity contribution in [1.82, 2.24) is 0 Å². The Bertz CT molecular complexity index is 3000. The molecule has 0 fully saturated rings. The number of amides is 3. The molecule has 5 aromatic carbocycles. The van der Waals surface area contributed by atoms with Crippen molar-refractivity contribution in [2.75, 3.05) is 36.4 Å². The molecule has 0 saturated carbocycles. The predicted molar refractivity (Wildman–Crippen MR) is 232 cm³/mol. The summed E-state index contributed by atoms with van der Waals surface area (Å²) in [6.07, 6.45) is 0.931. The Labute approximate surface area is 399 Å². The van der Waals surface area contributed by atoms with Gasteiger partial charge in [0.1, 0.15) is 17.2 Å². The number of ketones is 2. The fourth-order valence-corrected chi connectivity index (χ4v) is 6.90. The largest absolute Gasteiger partial charge is 1.00 e. The monoisotopic (exact) mass is 951 g/mol. The van der Waals surface area contributed by atoms with Crippen LogP contribution in [0.1, 0.15) is 24.2 Å². The number of sulfone groups is 1. The molecule has 0 aromatic heterocycles. The molecule has 2 unspecified atom stereocenters. The van der Waals surface area contributed by atoms with Gasteiger partial charge in [0, 0.05) is 11.8 Å². The van der Waals surface area contributed by atoms with Crippen molar-refractivity contribution < 1.29 is 94.6 Å². The van der Waals surface area contributed by atoms with E-state index in [0.29, 0.717) is 17.2 Å². The van der Waals surface area contributed by atoms with Gasteiger partial charge in [0.25, 0.3) is 27.8 Å². The number of anilines is 3. The van der Waals surface area contributed by atoms with Crippen LogP contribution in [0.3, 0.4) is 0 Å². The molecule has 66 heavy (non-hydrogen) atoms. The first-order chi connectivity index (χ1) is 30.6. The Morgan fingerprint density at radius 1 is 0.636 bits per heavy atom. The minimum Gasteiger partial charge on any atom is -0.871 e. The first-order valence-corrected chi connectivity index (χ1v) is 22.0. The Morgan fingerprint density at radius 2 is 1.12 bits per heavy atom. The molecular formula is C42H38N7NaO14S2. The summed E-state index contributed by atoms with van der Waals surface area (Å²) < 4.78 is 68.7. The van der Waals surface area contributed by atoms with Gasteiger partial charge in [-0.2, -0.15) is 28.9 Å². The van der Waals surface area contributed by atoms with Crippen molar-refractivity contribution >= 4 is 77.7 Å². The summed E-state index contributed by atoms with van der Waals surface area (Å²) in [5, 5.41) is 45.4. The van der Waals surface area contributed by atoms with Gasteiger partial charge in [-0.3, -0.25) is 28.5 Å². The van der Waals surface area contributed by atoms with Gasteiger partial charge in [0.05, 0.1) is 46.8 Å². The molecule has 0 spiro atoms. The third kappa shape index (κ3) is 12.9. The van der Waals surface area contributed by atoms with E-state index in [2.05, 4.69) is 36.4 Å². The quantitative estimate of drug-likeness (QED) is 0.0294. The van der Waals surface area contributed by atoms with Crippen molar-refractivity contribution in [2.24, 2.45) is 20.5 Å². The summed E-state index contributed by atoms with van der Waals surface area (Å²) in [4.78, 5) is 63.5. The van der Waals surface area contributed by atoms with Crippen LogP contribution in [-0.4, -0.2) is 88.3 Å². The van der Waals surface area contributed by atoms with Crippen molar-refractivity contribution in [2.45, 2.75) is 35.7 Å². The van der Waals surface area contributed by atoms with E-state index in [0.717, 1.165) is 44.4 Å². The van der Waals surface area contributed by atoms with Gasteiger partial charge in [0.15, 0.2) is 27.2 Å². The smallest absolute Gasteiger partial charge is 0.871 e. The molecule has 0 aliphatic carbocycles. The SMILES string of the molecule is COc1cc(-c2ccc(NC(=O)C(N=Nc3cc(S(=O)(=O)O)cc(NC(=O)c4ccccc4)c3O)C(C)=O)c(OC)c2)ccc1NC(=O)C(N=Nc1cc(S(C)(=O)=O)ccc1[O-])C(C)=O.[Na+]. The minimum absolute atomic E-state index is 0. The van der Waals surface area contributed by atoms with Crippen LogP contribution in [-0.2, 0) is 39.1 Å². The molecule has 5 aromatic rings. The summed E-state index contributed by atoms with van der Waals surface area (Å²) in [6.45, 7) is 2.10. The number of aromatic hydroxyl groups is 1. The number of ether oxygens (including phenoxy) is 2. The summed E-state index contributed by atoms with van der Waals surface area (Å²) in [7, 11) is -6.01. The second kappa shape index (κ2) is 21.9. The van der Waals surface area contributed by atoms with Crippen molar-refractivity contribution in [3.63, 3.8) is 0 Å². The average molecular weight is 952 g/mol. The summed E-state index contributed by atoms with van der Waals surface area (Å²) in [5.74, 6) is -5.53. The predicted octanol–water partition coefficient (Wildman–Crippen LogP) is 2.42. The number of phenolic OH excluding ortho intramolecular Hbond substituents is 1. The fraction of sp³-hybridized carbons (Fsp3) is 0.167. The number of rotatable bonds is 17. The maximum absolute atomic E-state index is 13.4. The van der Waals surface area contributed by atoms with Crippen LogP contribution >= 0.6 is 0 Å². The van der Waals surface area contributed by atoms with Crippen LogP contribution in [0.15, 0.2) is 127 Å². The third-order valence-electron chi connectivity index (χ3n) is 9.08. The molecule has 0 radical (unpaired) electrons. The van der Waals surface area contributed by atoms with Crippen LogP contribution in [0.4, 0.5) is 28.4 Å². The molecule has 0 aliphatic rings. The van der Waals surface area contributed by atoms with Crippen molar-refractivity contribution in [3.05, 3.63) is 103 Å². The standard InChI is InChI=1S/C42H39N7O14S2.Na/c1-22(50)37(48-46-31-19-27(64(5,57)58)13-16-34(31)52)41(55)43-29-14-11-25(17-35(29)62-3)26-12-15-30(36(18-26)63-4)44-42(56)38(23(2)51)49-47-33-21-28(65(59,60)61)20-32(39(33)53)45-40(54)24-9-7-6-8-10-24;/h6-21,37-38,52-53H,1-5H3,(H,43,55)(H,44,56)(H,45,54)(H,59,60,61);/q;+1/p-1. The summed E-state index contributed by atoms with van der Waals surface area (Å²) in [6, 6.07) is 17.7. The number of hydrogen-bond donors (Lipinski definition) is 5. The van der Waals surface area contributed by atoms with E-state index in [9.17, 15) is 55.6 Å². The Balaban J connectivity index is 0.00000952. The van der Waals surface area contributed by atoms with E-state index in [4.69, 9.17) is 9.47 Å². The van der Waals surface area contributed by atoms with E-state index < -0.39 is 94.8 Å². The molecule has 0 heterocycles. The maximum atomic E-state index is 13.4. The van der Waals surface area contributed by atoms with Gasteiger partial charge in [-0.25, -0.2) is 8.42 Å². The number of nitrogens with one attached hydrogen (secondary N) is 3. The van der Waals surface area contributed by atoms with Gasteiger partial charge in [-0.15, -0.1) is 0 Å². The second-order valence-corrected chi connectivity index (χ2v) is 17.2. The number of Topliss-reactive ketones (excluding diaryl/α,β-unsaturated/α-hetero) is 2. The number of nitrogens with zero attached hydrogens (tertiary/aromatic N) is 4. The molecule has 24 heteroatoms. The van der Waals surface area contributed by atoms with Crippen LogP contribution in [0.5, 0.6) is 23.0 Å². The Morgan fingerprint density at radius 3 is 1.58 bits per heavy atom. The molecule has 0 saturated heterocycles. The van der Waals surface area contributed by atoms with Gasteiger partial charge in [0.2, 0.25) is 12.1 Å². The van der Waals surface area contributed by atoms with Crippen LogP contribution in [0, 0.1) is 0 Å². The third-order valence-corrected chi connectivity index (χ3v) is 11.0. The zero-order valence-electron chi connectivity index (χ0n) is 35.8. The van der Waals surface area contributed by atoms with E-state index >= 15 is 0 Å². The molecule has 0 bridgehead atoms. The van der Waals surface area contributed by atoms with Crippen molar-refractivity contribution in [1.29, 1.82) is 0 Å². The van der Waals surface area contributed by atoms with Gasteiger partial charge < -0.3 is 35.6 Å². The zero-order valence-corrected chi connectivity index (χ0v) is 39.4. The molecular weight excluding hydrogens is 914 g/mol. The molecule has 21 nitrogen and oxygen atoms in total. The van der Waals surface area contributed by atoms with Gasteiger partial charge in [-0.05, 0) is 85.6 Å². The molecule has 338 valence electrons. The zero-order chi connectivity index (χ0) is 47.8. The summed E-state index contributed by atoms with van der Waals surface area (Å²) >= 11 is 0. The molecule has 5 rings (SSSR count). The average Bonchev–Trinajstić information content (AvgIpc) is 3.25. The normalized spacial score (nSPS) is 12.4. The van der Waals surface area contributed by atoms with Crippen LogP contribution in [0.25, 0.3) is 11.1 Å². The number of carbonyl (C=O) groups excluding carboxylic acids is 5. The first kappa shape index (κ1) is 51.7.